The summed E-state index contributed by atoms with van der Waals surface area (Å²) in [6.07, 6.45) is 0.715. The van der Waals surface area contributed by atoms with Gasteiger partial charge in [0.05, 0.1) is 5.69 Å². The number of anilines is 1. The van der Waals surface area contributed by atoms with Crippen LogP contribution in [0.25, 0.3) is 10.8 Å². The van der Waals surface area contributed by atoms with Crippen LogP contribution in [0.4, 0.5) is 10.5 Å². The van der Waals surface area contributed by atoms with E-state index in [1.165, 1.54) is 5.56 Å². The zero-order valence-corrected chi connectivity index (χ0v) is 10.9. The Morgan fingerprint density at radius 1 is 1.21 bits per heavy atom. The molecule has 3 N–H and O–H groups in total. The summed E-state index contributed by atoms with van der Waals surface area (Å²) in [5, 5.41) is 4.39. The smallest absolute Gasteiger partial charge is 0.316 e. The number of hydrogen-bond donors (Lipinski definition) is 2. The van der Waals surface area contributed by atoms with Crippen molar-refractivity contribution in [3.63, 3.8) is 0 Å². The van der Waals surface area contributed by atoms with Crippen molar-refractivity contribution >= 4 is 28.8 Å². The largest absolute Gasteiger partial charge is 0.351 e. The third-order valence-corrected chi connectivity index (χ3v) is 3.08. The Hall–Kier alpha value is -2.36. The van der Waals surface area contributed by atoms with E-state index in [0.717, 1.165) is 10.8 Å². The normalized spacial score (nSPS) is 10.7. The molecule has 0 heterocycles. The fourth-order valence-corrected chi connectivity index (χ4v) is 2.03. The van der Waals surface area contributed by atoms with Crippen molar-refractivity contribution in [3.05, 3.63) is 41.5 Å². The summed E-state index contributed by atoms with van der Waals surface area (Å²) in [4.78, 5) is 22.0. The minimum atomic E-state index is -0.679. The van der Waals surface area contributed by atoms with Crippen LogP contribution in [0.3, 0.4) is 0 Å². The van der Waals surface area contributed by atoms with E-state index in [1.807, 2.05) is 12.1 Å². The monoisotopic (exact) mass is 256 g/mol. The lowest BCUT2D eigenvalue weighted by atomic mass is 9.97. The van der Waals surface area contributed by atoms with Gasteiger partial charge in [0.1, 0.15) is 0 Å². The lowest BCUT2D eigenvalue weighted by Crippen LogP contribution is -2.20. The molecule has 0 spiro atoms. The van der Waals surface area contributed by atoms with Gasteiger partial charge in [0.15, 0.2) is 6.29 Å². The Bertz CT molecular complexity index is 648. The van der Waals surface area contributed by atoms with Gasteiger partial charge in [-0.1, -0.05) is 32.0 Å². The number of aldehydes is 1. The summed E-state index contributed by atoms with van der Waals surface area (Å²) >= 11 is 0. The standard InChI is InChI=1S/C15H16N2O2/c1-9(2)10-3-4-11-7-14(17-15(16)19)13(8-18)6-12(11)5-10/h3-9H,1-2H3,(H3,16,17,19). The second-order valence-corrected chi connectivity index (χ2v) is 4.81. The minimum Gasteiger partial charge on any atom is -0.351 e. The van der Waals surface area contributed by atoms with Crippen LogP contribution in [0.15, 0.2) is 30.3 Å². The first-order chi connectivity index (χ1) is 9.01. The first-order valence-electron chi connectivity index (χ1n) is 6.10. The van der Waals surface area contributed by atoms with Gasteiger partial charge in [-0.3, -0.25) is 4.79 Å². The maximum Gasteiger partial charge on any atom is 0.316 e. The molecule has 0 unspecified atom stereocenters. The average molecular weight is 256 g/mol. The SMILES string of the molecule is CC(C)c1ccc2cc(NC(N)=O)c(C=O)cc2c1. The highest BCUT2D eigenvalue weighted by Gasteiger charge is 2.07. The number of rotatable bonds is 3. The van der Waals surface area contributed by atoms with Crippen molar-refractivity contribution in [1.82, 2.24) is 0 Å². The van der Waals surface area contributed by atoms with Crippen LogP contribution in [0.5, 0.6) is 0 Å². The molecule has 0 atom stereocenters. The molecule has 2 rings (SSSR count). The summed E-state index contributed by atoms with van der Waals surface area (Å²) in [5.74, 6) is 0.424. The molecule has 98 valence electrons. The van der Waals surface area contributed by atoms with E-state index in [0.29, 0.717) is 23.5 Å². The summed E-state index contributed by atoms with van der Waals surface area (Å²) in [6, 6.07) is 8.92. The zero-order chi connectivity index (χ0) is 14.0. The summed E-state index contributed by atoms with van der Waals surface area (Å²) in [7, 11) is 0. The Morgan fingerprint density at radius 3 is 2.53 bits per heavy atom. The van der Waals surface area contributed by atoms with Gasteiger partial charge in [0.2, 0.25) is 0 Å². The number of benzene rings is 2. The van der Waals surface area contributed by atoms with Gasteiger partial charge in [-0.25, -0.2) is 4.79 Å². The lowest BCUT2D eigenvalue weighted by Gasteiger charge is -2.10. The molecule has 0 bridgehead atoms. The fraction of sp³-hybridized carbons (Fsp3) is 0.200. The molecule has 0 saturated carbocycles. The van der Waals surface area contributed by atoms with Crippen LogP contribution < -0.4 is 11.1 Å². The molecule has 0 fully saturated rings. The van der Waals surface area contributed by atoms with Crippen LogP contribution in [-0.2, 0) is 0 Å². The zero-order valence-electron chi connectivity index (χ0n) is 10.9. The molecule has 19 heavy (non-hydrogen) atoms. The average Bonchev–Trinajstić information content (AvgIpc) is 2.36. The van der Waals surface area contributed by atoms with Gasteiger partial charge >= 0.3 is 6.03 Å². The Balaban J connectivity index is 2.59. The lowest BCUT2D eigenvalue weighted by molar-refractivity contribution is 0.112. The van der Waals surface area contributed by atoms with Gasteiger partial charge < -0.3 is 11.1 Å². The van der Waals surface area contributed by atoms with E-state index in [2.05, 4.69) is 25.2 Å². The Kier molecular flexibility index (Phi) is 3.51. The molecule has 0 aliphatic rings. The summed E-state index contributed by atoms with van der Waals surface area (Å²) in [6.45, 7) is 4.23. The number of urea groups is 1. The highest BCUT2D eigenvalue weighted by Crippen LogP contribution is 2.26. The number of carbonyl (C=O) groups excluding carboxylic acids is 2. The minimum absolute atomic E-state index is 0.423. The van der Waals surface area contributed by atoms with Crippen LogP contribution in [0, 0.1) is 0 Å². The van der Waals surface area contributed by atoms with Gasteiger partial charge in [0, 0.05) is 5.56 Å². The molecule has 0 aromatic heterocycles. The number of carbonyl (C=O) groups is 2. The van der Waals surface area contributed by atoms with Crippen molar-refractivity contribution in [2.75, 3.05) is 5.32 Å². The molecular weight excluding hydrogens is 240 g/mol. The summed E-state index contributed by atoms with van der Waals surface area (Å²) in [5.41, 5.74) is 7.16. The van der Waals surface area contributed by atoms with Crippen LogP contribution in [0.2, 0.25) is 0 Å². The maximum atomic E-state index is 11.1. The molecular formula is C15H16N2O2. The van der Waals surface area contributed by atoms with E-state index < -0.39 is 6.03 Å². The number of nitrogens with one attached hydrogen (secondary N) is 1. The van der Waals surface area contributed by atoms with Crippen molar-refractivity contribution < 1.29 is 9.59 Å². The molecule has 2 amide bonds. The third kappa shape index (κ3) is 2.73. The molecule has 0 aliphatic carbocycles. The van der Waals surface area contributed by atoms with Crippen molar-refractivity contribution in [2.45, 2.75) is 19.8 Å². The topological polar surface area (TPSA) is 72.2 Å². The van der Waals surface area contributed by atoms with Gasteiger partial charge in [0.25, 0.3) is 0 Å². The maximum absolute atomic E-state index is 11.1. The number of fused-ring (bicyclic) bond motifs is 1. The number of nitrogens with two attached hydrogens (primary N) is 1. The van der Waals surface area contributed by atoms with E-state index in [-0.39, 0.29) is 0 Å². The molecule has 2 aromatic carbocycles. The molecule has 4 heteroatoms. The summed E-state index contributed by atoms with van der Waals surface area (Å²) < 4.78 is 0. The van der Waals surface area contributed by atoms with E-state index in [1.54, 1.807) is 12.1 Å². The second kappa shape index (κ2) is 5.10. The Morgan fingerprint density at radius 2 is 1.95 bits per heavy atom. The number of amides is 2. The molecule has 4 nitrogen and oxygen atoms in total. The van der Waals surface area contributed by atoms with E-state index in [9.17, 15) is 9.59 Å². The van der Waals surface area contributed by atoms with Gasteiger partial charge in [-0.05, 0) is 34.4 Å². The van der Waals surface area contributed by atoms with Crippen LogP contribution in [0.1, 0.15) is 35.7 Å². The van der Waals surface area contributed by atoms with E-state index in [4.69, 9.17) is 5.73 Å². The second-order valence-electron chi connectivity index (χ2n) is 4.81. The molecule has 0 radical (unpaired) electrons. The molecule has 0 saturated heterocycles. The van der Waals surface area contributed by atoms with Crippen molar-refractivity contribution in [1.29, 1.82) is 0 Å². The highest BCUT2D eigenvalue weighted by atomic mass is 16.2. The van der Waals surface area contributed by atoms with Gasteiger partial charge in [-0.2, -0.15) is 0 Å². The molecule has 0 aliphatic heterocycles. The first-order valence-corrected chi connectivity index (χ1v) is 6.10. The highest BCUT2D eigenvalue weighted by molar-refractivity contribution is 6.00. The predicted octanol–water partition coefficient (Wildman–Crippen LogP) is 3.27. The van der Waals surface area contributed by atoms with Gasteiger partial charge in [-0.15, -0.1) is 0 Å². The number of hydrogen-bond acceptors (Lipinski definition) is 2. The van der Waals surface area contributed by atoms with Crippen LogP contribution >= 0.6 is 0 Å². The van der Waals surface area contributed by atoms with Crippen molar-refractivity contribution in [3.8, 4) is 0 Å². The predicted molar refractivity (Wildman–Crippen MR) is 76.6 cm³/mol. The number of primary amides is 1. The first kappa shape index (κ1) is 13.1. The quantitative estimate of drug-likeness (QED) is 0.827. The molecule has 2 aromatic rings. The third-order valence-electron chi connectivity index (χ3n) is 3.08. The fourth-order valence-electron chi connectivity index (χ4n) is 2.03. The van der Waals surface area contributed by atoms with E-state index >= 15 is 0 Å². The Labute approximate surface area is 111 Å². The van der Waals surface area contributed by atoms with Crippen LogP contribution in [-0.4, -0.2) is 12.3 Å². The van der Waals surface area contributed by atoms with Crippen molar-refractivity contribution in [2.24, 2.45) is 5.73 Å².